The van der Waals surface area contributed by atoms with Gasteiger partial charge in [-0.05, 0) is 37.2 Å². The van der Waals surface area contributed by atoms with Crippen LogP contribution in [0.25, 0.3) is 0 Å². The third kappa shape index (κ3) is 1.62. The molecular weight excluding hydrogens is 246 g/mol. The standard InChI is InChI=1S/C10H12ClN3OS/c11-6-3-7-1-2-8(4-6)14(7)10(15)9-5-12-13-16-9/h5-8H,1-4H2. The monoisotopic (exact) mass is 257 g/mol. The smallest absolute Gasteiger partial charge is 0.267 e. The lowest BCUT2D eigenvalue weighted by Gasteiger charge is -2.36. The number of carbonyl (C=O) groups is 1. The minimum Gasteiger partial charge on any atom is -0.332 e. The van der Waals surface area contributed by atoms with Crippen molar-refractivity contribution in [1.82, 2.24) is 14.5 Å². The van der Waals surface area contributed by atoms with Crippen LogP contribution in [-0.2, 0) is 0 Å². The summed E-state index contributed by atoms with van der Waals surface area (Å²) in [4.78, 5) is 14.9. The molecule has 86 valence electrons. The van der Waals surface area contributed by atoms with Gasteiger partial charge in [0.05, 0.1) is 6.20 Å². The maximum Gasteiger partial charge on any atom is 0.267 e. The molecule has 2 atom stereocenters. The number of aromatic nitrogens is 2. The number of fused-ring (bicyclic) bond motifs is 2. The van der Waals surface area contributed by atoms with Gasteiger partial charge in [-0.1, -0.05) is 4.49 Å². The van der Waals surface area contributed by atoms with E-state index in [0.717, 1.165) is 25.7 Å². The van der Waals surface area contributed by atoms with Crippen LogP contribution in [-0.4, -0.2) is 37.9 Å². The molecule has 1 amide bonds. The average molecular weight is 258 g/mol. The van der Waals surface area contributed by atoms with E-state index in [9.17, 15) is 4.79 Å². The van der Waals surface area contributed by atoms with E-state index < -0.39 is 0 Å². The van der Waals surface area contributed by atoms with Crippen molar-refractivity contribution in [3.63, 3.8) is 0 Å². The summed E-state index contributed by atoms with van der Waals surface area (Å²) in [5.74, 6) is 0.0890. The molecule has 2 unspecified atom stereocenters. The molecule has 0 spiro atoms. The Morgan fingerprint density at radius 3 is 2.69 bits per heavy atom. The van der Waals surface area contributed by atoms with Crippen LogP contribution >= 0.6 is 23.1 Å². The van der Waals surface area contributed by atoms with Crippen molar-refractivity contribution in [3.8, 4) is 0 Å². The first-order valence-corrected chi connectivity index (χ1v) is 6.71. The Morgan fingerprint density at radius 2 is 2.12 bits per heavy atom. The topological polar surface area (TPSA) is 46.1 Å². The molecule has 3 heterocycles. The number of carbonyl (C=O) groups excluding carboxylic acids is 1. The summed E-state index contributed by atoms with van der Waals surface area (Å²) in [5.41, 5.74) is 0. The third-order valence-electron chi connectivity index (χ3n) is 3.48. The van der Waals surface area contributed by atoms with Crippen molar-refractivity contribution in [2.24, 2.45) is 0 Å². The molecule has 2 aliphatic rings. The van der Waals surface area contributed by atoms with Gasteiger partial charge in [-0.25, -0.2) is 0 Å². The van der Waals surface area contributed by atoms with Gasteiger partial charge in [0.2, 0.25) is 0 Å². The molecular formula is C10H12ClN3OS. The van der Waals surface area contributed by atoms with Crippen LogP contribution in [0.1, 0.15) is 35.4 Å². The molecule has 0 N–H and O–H groups in total. The second-order valence-electron chi connectivity index (χ2n) is 4.45. The highest BCUT2D eigenvalue weighted by molar-refractivity contribution is 7.07. The van der Waals surface area contributed by atoms with Crippen LogP contribution in [0, 0.1) is 0 Å². The van der Waals surface area contributed by atoms with Crippen LogP contribution in [0.4, 0.5) is 0 Å². The van der Waals surface area contributed by atoms with E-state index in [1.165, 1.54) is 11.5 Å². The molecule has 0 aliphatic carbocycles. The predicted octanol–water partition coefficient (Wildman–Crippen LogP) is 1.91. The quantitative estimate of drug-likeness (QED) is 0.722. The van der Waals surface area contributed by atoms with Gasteiger partial charge in [0.25, 0.3) is 5.91 Å². The third-order valence-corrected chi connectivity index (χ3v) is 4.49. The van der Waals surface area contributed by atoms with Crippen molar-refractivity contribution < 1.29 is 4.79 Å². The van der Waals surface area contributed by atoms with E-state index in [1.54, 1.807) is 6.20 Å². The van der Waals surface area contributed by atoms with Crippen molar-refractivity contribution in [3.05, 3.63) is 11.1 Å². The lowest BCUT2D eigenvalue weighted by molar-refractivity contribution is 0.0604. The number of nitrogens with zero attached hydrogens (tertiary/aromatic N) is 3. The molecule has 0 saturated carbocycles. The SMILES string of the molecule is O=C(c1cnns1)N1C2CCC1CC(Cl)C2. The molecule has 0 aromatic carbocycles. The number of alkyl halides is 1. The number of hydrogen-bond donors (Lipinski definition) is 0. The molecule has 2 aliphatic heterocycles. The van der Waals surface area contributed by atoms with Crippen LogP contribution in [0.3, 0.4) is 0 Å². The number of hydrogen-bond acceptors (Lipinski definition) is 4. The highest BCUT2D eigenvalue weighted by atomic mass is 35.5. The first-order chi connectivity index (χ1) is 7.75. The van der Waals surface area contributed by atoms with Crippen molar-refractivity contribution in [1.29, 1.82) is 0 Å². The highest BCUT2D eigenvalue weighted by Gasteiger charge is 2.43. The van der Waals surface area contributed by atoms with Crippen LogP contribution in [0.15, 0.2) is 6.20 Å². The Labute approximate surface area is 103 Å². The normalized spacial score (nSPS) is 33.1. The van der Waals surface area contributed by atoms with E-state index in [4.69, 9.17) is 11.6 Å². The second-order valence-corrected chi connectivity index (χ2v) is 5.85. The fourth-order valence-corrected chi connectivity index (χ4v) is 3.70. The zero-order valence-electron chi connectivity index (χ0n) is 8.67. The largest absolute Gasteiger partial charge is 0.332 e. The van der Waals surface area contributed by atoms with Crippen LogP contribution in [0.5, 0.6) is 0 Å². The molecule has 2 saturated heterocycles. The number of rotatable bonds is 1. The summed E-state index contributed by atoms with van der Waals surface area (Å²) >= 11 is 7.35. The molecule has 1 aromatic heterocycles. The number of halogens is 1. The van der Waals surface area contributed by atoms with E-state index >= 15 is 0 Å². The zero-order valence-corrected chi connectivity index (χ0v) is 10.2. The van der Waals surface area contributed by atoms with Gasteiger partial charge >= 0.3 is 0 Å². The Kier molecular flexibility index (Phi) is 2.59. The van der Waals surface area contributed by atoms with E-state index in [-0.39, 0.29) is 11.3 Å². The Hall–Kier alpha value is -0.680. The van der Waals surface area contributed by atoms with Gasteiger partial charge in [-0.15, -0.1) is 16.7 Å². The van der Waals surface area contributed by atoms with Gasteiger partial charge in [0, 0.05) is 17.5 Å². The maximum atomic E-state index is 12.2. The van der Waals surface area contributed by atoms with E-state index in [2.05, 4.69) is 9.59 Å². The van der Waals surface area contributed by atoms with Crippen molar-refractivity contribution >= 4 is 29.0 Å². The lowest BCUT2D eigenvalue weighted by atomic mass is 10.0. The zero-order chi connectivity index (χ0) is 11.1. The first kappa shape index (κ1) is 10.5. The van der Waals surface area contributed by atoms with Gasteiger partial charge in [0.1, 0.15) is 4.88 Å². The van der Waals surface area contributed by atoms with Gasteiger partial charge in [-0.3, -0.25) is 4.79 Å². The Balaban J connectivity index is 1.84. The van der Waals surface area contributed by atoms with Crippen molar-refractivity contribution in [2.75, 3.05) is 0 Å². The predicted molar refractivity (Wildman–Crippen MR) is 61.8 cm³/mol. The second kappa shape index (κ2) is 3.96. The van der Waals surface area contributed by atoms with Gasteiger partial charge in [0.15, 0.2) is 0 Å². The molecule has 2 bridgehead atoms. The minimum atomic E-state index is 0.0890. The van der Waals surface area contributed by atoms with E-state index in [0.29, 0.717) is 17.0 Å². The molecule has 6 heteroatoms. The molecule has 3 rings (SSSR count). The summed E-state index contributed by atoms with van der Waals surface area (Å²) in [7, 11) is 0. The summed E-state index contributed by atoms with van der Waals surface area (Å²) in [5, 5.41) is 3.96. The fraction of sp³-hybridized carbons (Fsp3) is 0.700. The molecule has 0 radical (unpaired) electrons. The number of piperidine rings is 1. The Morgan fingerprint density at radius 1 is 1.44 bits per heavy atom. The number of amides is 1. The molecule has 16 heavy (non-hydrogen) atoms. The van der Waals surface area contributed by atoms with E-state index in [1.807, 2.05) is 4.90 Å². The summed E-state index contributed by atoms with van der Waals surface area (Å²) in [6, 6.07) is 0.659. The van der Waals surface area contributed by atoms with Crippen LogP contribution in [0.2, 0.25) is 0 Å². The minimum absolute atomic E-state index is 0.0890. The first-order valence-electron chi connectivity index (χ1n) is 5.50. The van der Waals surface area contributed by atoms with Crippen molar-refractivity contribution in [2.45, 2.75) is 43.1 Å². The maximum absolute atomic E-state index is 12.2. The molecule has 2 fully saturated rings. The summed E-state index contributed by atoms with van der Waals surface area (Å²) < 4.78 is 3.74. The lowest BCUT2D eigenvalue weighted by Crippen LogP contribution is -2.46. The molecule has 1 aromatic rings. The molecule has 4 nitrogen and oxygen atoms in total. The van der Waals surface area contributed by atoms with Gasteiger partial charge in [-0.2, -0.15) is 0 Å². The fourth-order valence-electron chi connectivity index (χ4n) is 2.83. The average Bonchev–Trinajstić information content (AvgIpc) is 2.85. The Bertz CT molecular complexity index is 383. The summed E-state index contributed by atoms with van der Waals surface area (Å²) in [6.07, 6.45) is 5.59. The van der Waals surface area contributed by atoms with Crippen LogP contribution < -0.4 is 0 Å². The highest BCUT2D eigenvalue weighted by Crippen LogP contribution is 2.38. The summed E-state index contributed by atoms with van der Waals surface area (Å²) in [6.45, 7) is 0. The van der Waals surface area contributed by atoms with Gasteiger partial charge < -0.3 is 4.90 Å².